The van der Waals surface area contributed by atoms with Gasteiger partial charge in [0.05, 0.1) is 0 Å². The topological polar surface area (TPSA) is 61.4 Å². The number of hydrogen-bond donors (Lipinski definition) is 1. The second-order valence-corrected chi connectivity index (χ2v) is 7.31. The van der Waals surface area contributed by atoms with Crippen LogP contribution in [0.3, 0.4) is 0 Å². The predicted octanol–water partition coefficient (Wildman–Crippen LogP) is 3.15. The average molecular weight is 374 g/mol. The SMILES string of the molecule is CC(CN(C)c1cccnn1)N(C)C(=O)N[C@@H]1CC1c1ccc(Cl)cc1. The molecule has 1 aromatic heterocycles. The number of halogens is 1. The zero-order valence-corrected chi connectivity index (χ0v) is 16.0. The van der Waals surface area contributed by atoms with E-state index in [1.54, 1.807) is 11.1 Å². The second-order valence-electron chi connectivity index (χ2n) is 6.87. The molecule has 1 heterocycles. The summed E-state index contributed by atoms with van der Waals surface area (Å²) in [4.78, 5) is 16.3. The Morgan fingerprint density at radius 3 is 2.69 bits per heavy atom. The lowest BCUT2D eigenvalue weighted by atomic mass is 10.1. The highest BCUT2D eigenvalue weighted by Crippen LogP contribution is 2.41. The highest BCUT2D eigenvalue weighted by Gasteiger charge is 2.40. The van der Waals surface area contributed by atoms with Crippen LogP contribution in [0.2, 0.25) is 5.02 Å². The van der Waals surface area contributed by atoms with Gasteiger partial charge in [-0.1, -0.05) is 23.7 Å². The molecule has 0 aliphatic heterocycles. The molecule has 3 rings (SSSR count). The van der Waals surface area contributed by atoms with Gasteiger partial charge < -0.3 is 15.1 Å². The summed E-state index contributed by atoms with van der Waals surface area (Å²) in [6, 6.07) is 11.8. The van der Waals surface area contributed by atoms with Crippen LogP contribution in [-0.2, 0) is 0 Å². The molecule has 3 atom stereocenters. The summed E-state index contributed by atoms with van der Waals surface area (Å²) in [5.74, 6) is 1.17. The number of aromatic nitrogens is 2. The zero-order valence-electron chi connectivity index (χ0n) is 15.3. The van der Waals surface area contributed by atoms with Gasteiger partial charge in [0.15, 0.2) is 5.82 Å². The van der Waals surface area contributed by atoms with Crippen LogP contribution in [0.5, 0.6) is 0 Å². The third kappa shape index (κ3) is 4.43. The van der Waals surface area contributed by atoms with Crippen LogP contribution in [0.4, 0.5) is 10.6 Å². The van der Waals surface area contributed by atoms with E-state index in [9.17, 15) is 4.79 Å². The van der Waals surface area contributed by atoms with E-state index >= 15 is 0 Å². The van der Waals surface area contributed by atoms with E-state index in [0.717, 1.165) is 17.3 Å². The maximum Gasteiger partial charge on any atom is 0.317 e. The Balaban J connectivity index is 1.49. The summed E-state index contributed by atoms with van der Waals surface area (Å²) in [5, 5.41) is 11.8. The van der Waals surface area contributed by atoms with Gasteiger partial charge in [-0.3, -0.25) is 0 Å². The molecule has 0 bridgehead atoms. The lowest BCUT2D eigenvalue weighted by Gasteiger charge is -2.29. The van der Waals surface area contributed by atoms with Gasteiger partial charge in [-0.15, -0.1) is 5.10 Å². The third-order valence-corrected chi connectivity index (χ3v) is 5.12. The number of amides is 2. The molecular weight excluding hydrogens is 350 g/mol. The van der Waals surface area contributed by atoms with E-state index in [1.807, 2.05) is 62.3 Å². The Bertz CT molecular complexity index is 739. The van der Waals surface area contributed by atoms with Crippen molar-refractivity contribution in [2.45, 2.75) is 31.3 Å². The molecule has 2 aromatic rings. The molecule has 2 amide bonds. The highest BCUT2D eigenvalue weighted by molar-refractivity contribution is 6.30. The van der Waals surface area contributed by atoms with Crippen molar-refractivity contribution in [1.82, 2.24) is 20.4 Å². The fourth-order valence-corrected chi connectivity index (χ4v) is 3.13. The van der Waals surface area contributed by atoms with Crippen molar-refractivity contribution >= 4 is 23.4 Å². The van der Waals surface area contributed by atoms with Crippen LogP contribution in [-0.4, -0.2) is 53.9 Å². The van der Waals surface area contributed by atoms with E-state index in [0.29, 0.717) is 12.5 Å². The number of carbonyl (C=O) groups is 1. The predicted molar refractivity (Wildman–Crippen MR) is 104 cm³/mol. The quantitative estimate of drug-likeness (QED) is 0.844. The number of benzene rings is 1. The fourth-order valence-electron chi connectivity index (χ4n) is 3.00. The summed E-state index contributed by atoms with van der Waals surface area (Å²) in [7, 11) is 3.77. The van der Waals surface area contributed by atoms with Gasteiger partial charge in [0, 0.05) is 49.9 Å². The summed E-state index contributed by atoms with van der Waals surface area (Å²) < 4.78 is 0. The van der Waals surface area contributed by atoms with Crippen molar-refractivity contribution in [1.29, 1.82) is 0 Å². The number of likely N-dealkylation sites (N-methyl/N-ethyl adjacent to an activating group) is 2. The molecule has 2 unspecified atom stereocenters. The van der Waals surface area contributed by atoms with E-state index in [1.165, 1.54) is 5.56 Å². The van der Waals surface area contributed by atoms with Crippen LogP contribution < -0.4 is 10.2 Å². The second kappa shape index (κ2) is 7.91. The van der Waals surface area contributed by atoms with E-state index in [4.69, 9.17) is 11.6 Å². The minimum Gasteiger partial charge on any atom is -0.356 e. The summed E-state index contributed by atoms with van der Waals surface area (Å²) in [5.41, 5.74) is 1.22. The first-order chi connectivity index (χ1) is 12.5. The number of anilines is 1. The van der Waals surface area contributed by atoms with Crippen LogP contribution in [0.25, 0.3) is 0 Å². The van der Waals surface area contributed by atoms with E-state index < -0.39 is 0 Å². The van der Waals surface area contributed by atoms with Gasteiger partial charge >= 0.3 is 6.03 Å². The lowest BCUT2D eigenvalue weighted by molar-refractivity contribution is 0.194. The molecule has 6 nitrogen and oxygen atoms in total. The van der Waals surface area contributed by atoms with Crippen molar-refractivity contribution in [3.8, 4) is 0 Å². The maximum atomic E-state index is 12.5. The van der Waals surface area contributed by atoms with Crippen LogP contribution in [0, 0.1) is 0 Å². The molecule has 1 N–H and O–H groups in total. The van der Waals surface area contributed by atoms with Crippen molar-refractivity contribution < 1.29 is 4.79 Å². The molecule has 1 aromatic carbocycles. The normalized spacial score (nSPS) is 19.5. The standard InChI is InChI=1S/C19H24ClN5O/c1-13(12-24(2)18-5-4-10-21-23-18)25(3)19(26)22-17-11-16(17)14-6-8-15(20)9-7-14/h4-10,13,16-17H,11-12H2,1-3H3,(H,22,26)/t13?,16?,17-/m1/s1. The molecule has 1 saturated carbocycles. The molecule has 138 valence electrons. The molecule has 0 saturated heterocycles. The number of hydrogen-bond acceptors (Lipinski definition) is 4. The Morgan fingerprint density at radius 2 is 2.04 bits per heavy atom. The van der Waals surface area contributed by atoms with Gasteiger partial charge in [0.2, 0.25) is 0 Å². The number of nitrogens with one attached hydrogen (secondary N) is 1. The lowest BCUT2D eigenvalue weighted by Crippen LogP contribution is -2.47. The highest BCUT2D eigenvalue weighted by atomic mass is 35.5. The zero-order chi connectivity index (χ0) is 18.7. The first-order valence-electron chi connectivity index (χ1n) is 8.73. The maximum absolute atomic E-state index is 12.5. The van der Waals surface area contributed by atoms with Crippen molar-refractivity contribution in [2.75, 3.05) is 25.5 Å². The molecule has 7 heteroatoms. The molecule has 1 aliphatic carbocycles. The van der Waals surface area contributed by atoms with Gasteiger partial charge in [0.1, 0.15) is 0 Å². The molecule has 0 spiro atoms. The molecular formula is C19H24ClN5O. The largest absolute Gasteiger partial charge is 0.356 e. The Labute approximate surface area is 159 Å². The number of rotatable bonds is 6. The Morgan fingerprint density at radius 1 is 1.31 bits per heavy atom. The van der Waals surface area contributed by atoms with E-state index in [-0.39, 0.29) is 18.1 Å². The molecule has 26 heavy (non-hydrogen) atoms. The molecule has 0 radical (unpaired) electrons. The summed E-state index contributed by atoms with van der Waals surface area (Å²) >= 11 is 5.93. The van der Waals surface area contributed by atoms with E-state index in [2.05, 4.69) is 15.5 Å². The minimum atomic E-state index is -0.0495. The number of nitrogens with zero attached hydrogens (tertiary/aromatic N) is 4. The fraction of sp³-hybridized carbons (Fsp3) is 0.421. The Hall–Kier alpha value is -2.34. The smallest absolute Gasteiger partial charge is 0.317 e. The monoisotopic (exact) mass is 373 g/mol. The molecule has 1 fully saturated rings. The van der Waals surface area contributed by atoms with Gasteiger partial charge in [-0.05, 0) is 43.2 Å². The van der Waals surface area contributed by atoms with Crippen molar-refractivity contribution in [3.05, 3.63) is 53.2 Å². The van der Waals surface area contributed by atoms with Gasteiger partial charge in [-0.25, -0.2) is 4.79 Å². The first kappa shape index (κ1) is 18.5. The number of carbonyl (C=O) groups excluding carboxylic acids is 1. The molecule has 1 aliphatic rings. The van der Waals surface area contributed by atoms with Gasteiger partial charge in [0.25, 0.3) is 0 Å². The van der Waals surface area contributed by atoms with Crippen LogP contribution >= 0.6 is 11.6 Å². The Kier molecular flexibility index (Phi) is 5.61. The van der Waals surface area contributed by atoms with Crippen molar-refractivity contribution in [2.24, 2.45) is 0 Å². The first-order valence-corrected chi connectivity index (χ1v) is 9.11. The minimum absolute atomic E-state index is 0.0368. The third-order valence-electron chi connectivity index (χ3n) is 4.87. The van der Waals surface area contributed by atoms with Crippen LogP contribution in [0.15, 0.2) is 42.6 Å². The van der Waals surface area contributed by atoms with Crippen molar-refractivity contribution in [3.63, 3.8) is 0 Å². The van der Waals surface area contributed by atoms with Gasteiger partial charge in [-0.2, -0.15) is 5.10 Å². The number of urea groups is 1. The summed E-state index contributed by atoms with van der Waals surface area (Å²) in [6.45, 7) is 2.70. The average Bonchev–Trinajstić information content (AvgIpc) is 3.41. The summed E-state index contributed by atoms with van der Waals surface area (Å²) in [6.07, 6.45) is 2.61. The van der Waals surface area contributed by atoms with Crippen LogP contribution in [0.1, 0.15) is 24.8 Å².